The van der Waals surface area contributed by atoms with Crippen LogP contribution in [0.3, 0.4) is 0 Å². The van der Waals surface area contributed by atoms with Crippen molar-refractivity contribution in [3.05, 3.63) is 94.6 Å². The summed E-state index contributed by atoms with van der Waals surface area (Å²) in [6.07, 6.45) is -8.88. The van der Waals surface area contributed by atoms with Crippen molar-refractivity contribution in [2.24, 2.45) is 16.7 Å². The monoisotopic (exact) mass is 831 g/mol. The second-order valence-corrected chi connectivity index (χ2v) is 17.0. The molecule has 2 aromatic rings. The molecular weight excluding hydrogens is 778 g/mol. The Morgan fingerprint density at radius 3 is 2.08 bits per heavy atom. The Labute approximate surface area is 348 Å². The van der Waals surface area contributed by atoms with E-state index in [0.29, 0.717) is 11.1 Å². The first-order valence-corrected chi connectivity index (χ1v) is 19.9. The zero-order valence-electron chi connectivity index (χ0n) is 34.9. The number of aliphatic hydroxyl groups excluding tert-OH is 2. The van der Waals surface area contributed by atoms with Crippen LogP contribution in [-0.2, 0) is 47.7 Å². The van der Waals surface area contributed by atoms with Crippen LogP contribution < -0.4 is 5.32 Å². The van der Waals surface area contributed by atoms with Crippen LogP contribution in [-0.4, -0.2) is 105 Å². The van der Waals surface area contributed by atoms with E-state index in [4.69, 9.17) is 23.7 Å². The summed E-state index contributed by atoms with van der Waals surface area (Å²) in [4.78, 5) is 82.9. The molecular formula is C45H53NO14. The Balaban J connectivity index is 1.56. The zero-order valence-corrected chi connectivity index (χ0v) is 34.9. The second-order valence-electron chi connectivity index (χ2n) is 17.0. The molecule has 2 bridgehead atoms. The third-order valence-electron chi connectivity index (χ3n) is 13.2. The molecule has 2 aromatic carbocycles. The molecule has 1 aliphatic heterocycles. The minimum Gasteiger partial charge on any atom is -0.456 e. The molecule has 4 aliphatic rings. The van der Waals surface area contributed by atoms with Crippen molar-refractivity contribution in [1.82, 2.24) is 5.32 Å². The quantitative estimate of drug-likeness (QED) is 0.117. The third kappa shape index (κ3) is 7.24. The summed E-state index contributed by atoms with van der Waals surface area (Å²) in [5.74, 6) is -6.78. The number of fused-ring (bicyclic) bond motifs is 5. The van der Waals surface area contributed by atoms with Gasteiger partial charge in [0, 0.05) is 37.7 Å². The van der Waals surface area contributed by atoms with Gasteiger partial charge in [-0.25, -0.2) is 9.59 Å². The van der Waals surface area contributed by atoms with Gasteiger partial charge in [0.1, 0.15) is 23.9 Å². The van der Waals surface area contributed by atoms with Crippen molar-refractivity contribution in [2.75, 3.05) is 6.61 Å². The molecule has 0 spiro atoms. The summed E-state index contributed by atoms with van der Waals surface area (Å²) in [5.41, 5.74) is -6.91. The van der Waals surface area contributed by atoms with Gasteiger partial charge in [-0.05, 0) is 56.5 Å². The highest BCUT2D eigenvalue weighted by atomic mass is 16.6. The first kappa shape index (κ1) is 44.3. The van der Waals surface area contributed by atoms with E-state index < -0.39 is 113 Å². The van der Waals surface area contributed by atoms with E-state index in [-0.39, 0.29) is 29.7 Å². The first-order valence-electron chi connectivity index (χ1n) is 19.9. The number of Topliss-reactive ketones (excluding diaryl/α,β-unsaturated/α-hetero) is 1. The number of hydrogen-bond donors (Lipinski definition) is 4. The molecule has 60 heavy (non-hydrogen) atoms. The molecule has 11 atom stereocenters. The van der Waals surface area contributed by atoms with E-state index in [2.05, 4.69) is 5.32 Å². The van der Waals surface area contributed by atoms with Gasteiger partial charge < -0.3 is 44.3 Å². The van der Waals surface area contributed by atoms with Crippen LogP contribution in [0.2, 0.25) is 0 Å². The third-order valence-corrected chi connectivity index (χ3v) is 13.2. The number of carbonyl (C=O) groups excluding carboxylic acids is 6. The highest BCUT2D eigenvalue weighted by Gasteiger charge is 2.78. The number of hydrogen-bond acceptors (Lipinski definition) is 14. The Bertz CT molecular complexity index is 2110. The molecule has 0 radical (unpaired) electrons. The fraction of sp³-hybridized carbons (Fsp3) is 0.511. The van der Waals surface area contributed by atoms with E-state index >= 15 is 4.79 Å². The van der Waals surface area contributed by atoms with Gasteiger partial charge in [-0.2, -0.15) is 0 Å². The van der Waals surface area contributed by atoms with Gasteiger partial charge in [0.15, 0.2) is 23.6 Å². The number of carbonyl (C=O) groups is 6. The maximum absolute atomic E-state index is 15.4. The van der Waals surface area contributed by atoms with Crippen LogP contribution in [0.25, 0.3) is 0 Å². The smallest absolute Gasteiger partial charge is 0.338 e. The average molecular weight is 832 g/mol. The summed E-state index contributed by atoms with van der Waals surface area (Å²) in [6.45, 7) is 11.2. The largest absolute Gasteiger partial charge is 0.456 e. The lowest BCUT2D eigenvalue weighted by molar-refractivity contribution is -0.346. The molecule has 2 saturated carbocycles. The van der Waals surface area contributed by atoms with Gasteiger partial charge in [0.05, 0.1) is 35.6 Å². The SMILES string of the molecule is C/C=C(\C)C(=O)N[C@H](c1ccccc1)[C@H](O)C(=O)O[C@@H]1C[C@]2(O)[C@H](OC(=O)c3ccccc3)[C@@H]3[C@@]4(OC(C)=O)CO[C@H]4C[C@@H](O)[C@]3(C)C(=O)[C@@H](OC(C)=O)C(=C1C)C2(C)C. The van der Waals surface area contributed by atoms with Crippen LogP contribution >= 0.6 is 0 Å². The van der Waals surface area contributed by atoms with Gasteiger partial charge in [-0.3, -0.25) is 19.2 Å². The van der Waals surface area contributed by atoms with E-state index in [1.54, 1.807) is 82.3 Å². The molecule has 322 valence electrons. The van der Waals surface area contributed by atoms with Crippen molar-refractivity contribution < 1.29 is 67.8 Å². The van der Waals surface area contributed by atoms with Crippen LogP contribution in [0, 0.1) is 16.7 Å². The van der Waals surface area contributed by atoms with E-state index in [0.717, 1.165) is 13.8 Å². The molecule has 1 heterocycles. The lowest BCUT2D eigenvalue weighted by Crippen LogP contribution is -2.82. The van der Waals surface area contributed by atoms with Gasteiger partial charge in [0.25, 0.3) is 0 Å². The number of nitrogens with one attached hydrogen (secondary N) is 1. The molecule has 4 N–H and O–H groups in total. The Morgan fingerprint density at radius 2 is 1.53 bits per heavy atom. The summed E-state index contributed by atoms with van der Waals surface area (Å²) in [7, 11) is 0. The number of ketones is 1. The minimum absolute atomic E-state index is 0.00140. The van der Waals surface area contributed by atoms with E-state index in [9.17, 15) is 39.3 Å². The number of ether oxygens (including phenoxy) is 5. The molecule has 3 aliphatic carbocycles. The predicted molar refractivity (Wildman–Crippen MR) is 211 cm³/mol. The van der Waals surface area contributed by atoms with Crippen molar-refractivity contribution in [1.29, 1.82) is 0 Å². The first-order chi connectivity index (χ1) is 28.1. The van der Waals surface area contributed by atoms with Crippen LogP contribution in [0.1, 0.15) is 90.2 Å². The van der Waals surface area contributed by atoms with Crippen LogP contribution in [0.15, 0.2) is 83.5 Å². The predicted octanol–water partition coefficient (Wildman–Crippen LogP) is 3.39. The Hall–Kier alpha value is -5.22. The number of benzene rings is 2. The zero-order chi connectivity index (χ0) is 44.1. The normalized spacial score (nSPS) is 32.9. The van der Waals surface area contributed by atoms with Crippen molar-refractivity contribution in [2.45, 2.75) is 122 Å². The summed E-state index contributed by atoms with van der Waals surface area (Å²) in [6, 6.07) is 14.8. The maximum Gasteiger partial charge on any atom is 0.338 e. The molecule has 1 saturated heterocycles. The fourth-order valence-electron chi connectivity index (χ4n) is 9.75. The number of rotatable bonds is 10. The maximum atomic E-state index is 15.4. The topological polar surface area (TPSA) is 221 Å². The molecule has 0 aromatic heterocycles. The van der Waals surface area contributed by atoms with Gasteiger partial charge in [-0.1, -0.05) is 68.5 Å². The standard InChI is InChI=1S/C45H53NO14/c1-9-23(2)39(52)46-33(27-16-12-10-13-17-27)34(50)41(54)58-29-21-45(55)38(59-40(53)28-18-14-11-15-19-28)36-43(8,30(49)20-31-44(36,22-56-31)60-26(5)48)37(51)35(57-25(4)47)32(24(29)3)42(45,6)7/h9-19,29-31,33-36,38,49-50,55H,20-22H2,1-8H3,(H,46,52)/b23-9+/t29-,30-,31+,33-,34+,35+,36+,38-,43+,44-,45+/m1/s1. The average Bonchev–Trinajstić information content (AvgIpc) is 3.20. The van der Waals surface area contributed by atoms with Gasteiger partial charge in [-0.15, -0.1) is 0 Å². The van der Waals surface area contributed by atoms with Crippen LogP contribution in [0.4, 0.5) is 0 Å². The number of aliphatic hydroxyl groups is 3. The number of esters is 4. The van der Waals surface area contributed by atoms with E-state index in [1.165, 1.54) is 26.0 Å². The summed E-state index contributed by atoms with van der Waals surface area (Å²) in [5, 5.41) is 40.0. The lowest BCUT2D eigenvalue weighted by Gasteiger charge is -2.67. The number of allylic oxidation sites excluding steroid dienone is 1. The number of amides is 1. The molecule has 15 nitrogen and oxygen atoms in total. The summed E-state index contributed by atoms with van der Waals surface area (Å²) >= 11 is 0. The van der Waals surface area contributed by atoms with Crippen molar-refractivity contribution in [3.8, 4) is 0 Å². The molecule has 3 fully saturated rings. The fourth-order valence-corrected chi connectivity index (χ4v) is 9.75. The molecule has 6 rings (SSSR count). The van der Waals surface area contributed by atoms with Crippen molar-refractivity contribution in [3.63, 3.8) is 0 Å². The van der Waals surface area contributed by atoms with Gasteiger partial charge in [0.2, 0.25) is 5.91 Å². The second kappa shape index (κ2) is 16.3. The Kier molecular flexibility index (Phi) is 12.1. The van der Waals surface area contributed by atoms with Gasteiger partial charge >= 0.3 is 23.9 Å². The Morgan fingerprint density at radius 1 is 0.917 bits per heavy atom. The van der Waals surface area contributed by atoms with Crippen molar-refractivity contribution >= 4 is 35.6 Å². The van der Waals surface area contributed by atoms with Crippen LogP contribution in [0.5, 0.6) is 0 Å². The molecule has 1 amide bonds. The summed E-state index contributed by atoms with van der Waals surface area (Å²) < 4.78 is 30.2. The molecule has 15 heteroatoms. The molecule has 0 unspecified atom stereocenters. The highest BCUT2D eigenvalue weighted by molar-refractivity contribution is 5.96. The lowest BCUT2D eigenvalue weighted by atomic mass is 9.44. The van der Waals surface area contributed by atoms with E-state index in [1.807, 2.05) is 0 Å². The minimum atomic E-state index is -2.38. The highest BCUT2D eigenvalue weighted by Crippen LogP contribution is 2.64.